The second kappa shape index (κ2) is 4.97. The molecule has 2 bridgehead atoms. The molecule has 3 nitrogen and oxygen atoms in total. The average molecular weight is 299 g/mol. The minimum atomic E-state index is -0.00750. The van der Waals surface area contributed by atoms with Crippen LogP contribution in [0, 0.1) is 0 Å². The van der Waals surface area contributed by atoms with Gasteiger partial charge in [0.2, 0.25) is 0 Å². The van der Waals surface area contributed by atoms with Gasteiger partial charge in [-0.15, -0.1) is 0 Å². The van der Waals surface area contributed by atoms with Gasteiger partial charge in [0.1, 0.15) is 0 Å². The van der Waals surface area contributed by atoms with Gasteiger partial charge in [0.25, 0.3) is 5.91 Å². The van der Waals surface area contributed by atoms with Gasteiger partial charge in [-0.05, 0) is 43.9 Å². The predicted molar refractivity (Wildman–Crippen MR) is 76.7 cm³/mol. The van der Waals surface area contributed by atoms with Crippen LogP contribution in [0.3, 0.4) is 0 Å². The van der Waals surface area contributed by atoms with E-state index < -0.39 is 0 Å². The van der Waals surface area contributed by atoms with Crippen LogP contribution in [-0.2, 0) is 0 Å². The molecule has 2 fully saturated rings. The zero-order valence-electron chi connectivity index (χ0n) is 10.5. The largest absolute Gasteiger partial charge is 0.333 e. The highest BCUT2D eigenvalue weighted by Crippen LogP contribution is 2.37. The number of carbonyl (C=O) groups is 1. The number of fused-ring (bicyclic) bond motifs is 2. The van der Waals surface area contributed by atoms with Crippen LogP contribution in [0.5, 0.6) is 0 Å². The number of nitrogens with zero attached hydrogens (tertiary/aromatic N) is 1. The quantitative estimate of drug-likeness (QED) is 0.866. The molecule has 19 heavy (non-hydrogen) atoms. The van der Waals surface area contributed by atoms with E-state index in [1.807, 2.05) is 4.90 Å². The van der Waals surface area contributed by atoms with Gasteiger partial charge in [-0.3, -0.25) is 4.79 Å². The summed E-state index contributed by atoms with van der Waals surface area (Å²) in [7, 11) is 0. The van der Waals surface area contributed by atoms with Crippen LogP contribution in [0.2, 0.25) is 10.0 Å². The van der Waals surface area contributed by atoms with Gasteiger partial charge in [-0.1, -0.05) is 23.2 Å². The normalized spacial score (nSPS) is 29.6. The molecule has 3 rings (SSSR count). The molecule has 102 valence electrons. The Morgan fingerprint density at radius 1 is 1.21 bits per heavy atom. The minimum absolute atomic E-state index is 0.00750. The van der Waals surface area contributed by atoms with Gasteiger partial charge < -0.3 is 10.6 Å². The third-order valence-electron chi connectivity index (χ3n) is 4.16. The van der Waals surface area contributed by atoms with Gasteiger partial charge in [0.15, 0.2) is 0 Å². The van der Waals surface area contributed by atoms with E-state index in [2.05, 4.69) is 0 Å². The third-order valence-corrected chi connectivity index (χ3v) is 4.73. The van der Waals surface area contributed by atoms with Crippen LogP contribution >= 0.6 is 23.2 Å². The van der Waals surface area contributed by atoms with Crippen LogP contribution in [0.15, 0.2) is 18.2 Å². The summed E-state index contributed by atoms with van der Waals surface area (Å²) in [6.07, 6.45) is 3.87. The Labute approximate surface area is 122 Å². The van der Waals surface area contributed by atoms with Gasteiger partial charge in [-0.2, -0.15) is 0 Å². The van der Waals surface area contributed by atoms with Gasteiger partial charge >= 0.3 is 0 Å². The molecule has 2 heterocycles. The Morgan fingerprint density at radius 2 is 1.84 bits per heavy atom. The summed E-state index contributed by atoms with van der Waals surface area (Å²) < 4.78 is 0. The maximum absolute atomic E-state index is 12.7. The van der Waals surface area contributed by atoms with Crippen molar-refractivity contribution in [3.63, 3.8) is 0 Å². The van der Waals surface area contributed by atoms with Crippen molar-refractivity contribution in [1.29, 1.82) is 0 Å². The number of piperidine rings is 1. The lowest BCUT2D eigenvalue weighted by molar-refractivity contribution is 0.0575. The van der Waals surface area contributed by atoms with E-state index in [4.69, 9.17) is 28.9 Å². The minimum Gasteiger partial charge on any atom is -0.333 e. The van der Waals surface area contributed by atoms with E-state index >= 15 is 0 Å². The number of carbonyl (C=O) groups excluding carboxylic acids is 1. The molecular formula is C14H16Cl2N2O. The van der Waals surface area contributed by atoms with Gasteiger partial charge in [-0.25, -0.2) is 0 Å². The third kappa shape index (κ3) is 2.35. The lowest BCUT2D eigenvalue weighted by atomic mass is 9.97. The van der Waals surface area contributed by atoms with Crippen molar-refractivity contribution < 1.29 is 4.79 Å². The zero-order valence-corrected chi connectivity index (χ0v) is 12.0. The first kappa shape index (κ1) is 13.2. The molecule has 0 saturated carbocycles. The summed E-state index contributed by atoms with van der Waals surface area (Å²) in [6, 6.07) is 5.76. The molecule has 1 amide bonds. The van der Waals surface area contributed by atoms with Crippen molar-refractivity contribution in [3.8, 4) is 0 Å². The summed E-state index contributed by atoms with van der Waals surface area (Å²) in [5.41, 5.74) is 6.53. The number of nitrogens with two attached hydrogens (primary N) is 1. The maximum Gasteiger partial charge on any atom is 0.255 e. The Balaban J connectivity index is 1.90. The van der Waals surface area contributed by atoms with Crippen molar-refractivity contribution >= 4 is 29.1 Å². The second-order valence-electron chi connectivity index (χ2n) is 5.45. The molecule has 2 atom stereocenters. The van der Waals surface area contributed by atoms with Gasteiger partial charge in [0.05, 0.1) is 10.6 Å². The van der Waals surface area contributed by atoms with E-state index in [0.717, 1.165) is 25.7 Å². The zero-order chi connectivity index (χ0) is 13.6. The summed E-state index contributed by atoms with van der Waals surface area (Å²) in [5.74, 6) is -0.00750. The van der Waals surface area contributed by atoms with Crippen LogP contribution in [0.1, 0.15) is 36.0 Å². The molecule has 2 N–H and O–H groups in total. The Morgan fingerprint density at radius 3 is 2.47 bits per heavy atom. The average Bonchev–Trinajstić information content (AvgIpc) is 2.64. The molecule has 2 unspecified atom stereocenters. The standard InChI is InChI=1S/C14H16Cl2N2O/c15-8-1-4-13(16)12(5-8)14(19)18-10-2-3-11(18)7-9(17)6-10/h1,4-5,9-11H,2-3,6-7,17H2. The molecule has 0 aromatic heterocycles. The molecule has 2 aliphatic heterocycles. The SMILES string of the molecule is NC1CC2CCC(C1)N2C(=O)c1cc(Cl)ccc1Cl. The molecule has 2 aliphatic rings. The smallest absolute Gasteiger partial charge is 0.255 e. The Hall–Kier alpha value is -0.770. The second-order valence-corrected chi connectivity index (χ2v) is 6.30. The van der Waals surface area contributed by atoms with E-state index in [-0.39, 0.29) is 24.0 Å². The molecule has 0 aliphatic carbocycles. The molecule has 2 saturated heterocycles. The molecule has 1 aromatic carbocycles. The first-order valence-corrected chi connectivity index (χ1v) is 7.35. The van der Waals surface area contributed by atoms with E-state index in [1.54, 1.807) is 18.2 Å². The van der Waals surface area contributed by atoms with E-state index in [0.29, 0.717) is 15.6 Å². The summed E-state index contributed by atoms with van der Waals surface area (Å²) in [5, 5.41) is 0.998. The maximum atomic E-state index is 12.7. The monoisotopic (exact) mass is 298 g/mol. The number of rotatable bonds is 1. The lowest BCUT2D eigenvalue weighted by Crippen LogP contribution is -2.50. The van der Waals surface area contributed by atoms with Crippen molar-refractivity contribution in [2.24, 2.45) is 5.73 Å². The predicted octanol–water partition coefficient (Wildman–Crippen LogP) is 3.09. The number of amides is 1. The molecule has 0 spiro atoms. The number of hydrogen-bond acceptors (Lipinski definition) is 2. The highest BCUT2D eigenvalue weighted by Gasteiger charge is 2.42. The first-order valence-electron chi connectivity index (χ1n) is 6.59. The van der Waals surface area contributed by atoms with E-state index in [9.17, 15) is 4.79 Å². The van der Waals surface area contributed by atoms with Crippen molar-refractivity contribution in [1.82, 2.24) is 4.90 Å². The molecular weight excluding hydrogens is 283 g/mol. The summed E-state index contributed by atoms with van der Waals surface area (Å²) >= 11 is 12.1. The fraction of sp³-hybridized carbons (Fsp3) is 0.500. The van der Waals surface area contributed by atoms with Gasteiger partial charge in [0, 0.05) is 23.1 Å². The number of halogens is 2. The van der Waals surface area contributed by atoms with E-state index in [1.165, 1.54) is 0 Å². The fourth-order valence-corrected chi connectivity index (χ4v) is 3.72. The summed E-state index contributed by atoms with van der Waals surface area (Å²) in [4.78, 5) is 14.7. The topological polar surface area (TPSA) is 46.3 Å². The highest BCUT2D eigenvalue weighted by molar-refractivity contribution is 6.35. The van der Waals surface area contributed by atoms with Crippen LogP contribution in [-0.4, -0.2) is 28.9 Å². The fourth-order valence-electron chi connectivity index (χ4n) is 3.35. The number of hydrogen-bond donors (Lipinski definition) is 1. The Bertz CT molecular complexity index is 506. The summed E-state index contributed by atoms with van der Waals surface area (Å²) in [6.45, 7) is 0. The molecule has 1 aromatic rings. The first-order chi connectivity index (χ1) is 9.06. The van der Waals surface area contributed by atoms with Crippen molar-refractivity contribution in [2.45, 2.75) is 43.8 Å². The van der Waals surface area contributed by atoms with Crippen LogP contribution < -0.4 is 5.73 Å². The Kier molecular flexibility index (Phi) is 3.46. The molecule has 5 heteroatoms. The van der Waals surface area contributed by atoms with Crippen LogP contribution in [0.4, 0.5) is 0 Å². The lowest BCUT2D eigenvalue weighted by Gasteiger charge is -2.38. The van der Waals surface area contributed by atoms with Crippen molar-refractivity contribution in [2.75, 3.05) is 0 Å². The van der Waals surface area contributed by atoms with Crippen molar-refractivity contribution in [3.05, 3.63) is 33.8 Å². The number of benzene rings is 1. The molecule has 0 radical (unpaired) electrons. The highest BCUT2D eigenvalue weighted by atomic mass is 35.5. The van der Waals surface area contributed by atoms with Crippen LogP contribution in [0.25, 0.3) is 0 Å².